The van der Waals surface area contributed by atoms with Crippen LogP contribution in [0.15, 0.2) is 0 Å². The summed E-state index contributed by atoms with van der Waals surface area (Å²) >= 11 is 0. The second kappa shape index (κ2) is 7.12. The van der Waals surface area contributed by atoms with Crippen LogP contribution in [0.2, 0.25) is 0 Å². The van der Waals surface area contributed by atoms with Crippen molar-refractivity contribution in [2.75, 3.05) is 6.54 Å². The van der Waals surface area contributed by atoms with Gasteiger partial charge in [0.05, 0.1) is 12.5 Å². The Labute approximate surface area is 95.2 Å². The van der Waals surface area contributed by atoms with E-state index in [0.29, 0.717) is 0 Å². The largest absolute Gasteiger partial charge is 0.392 e. The fourth-order valence-corrected chi connectivity index (χ4v) is 1.74. The highest BCUT2D eigenvalue weighted by Gasteiger charge is 2.30. The Morgan fingerprint density at radius 2 is 1.69 bits per heavy atom. The predicted molar refractivity (Wildman–Crippen MR) is 58.2 cm³/mol. The minimum Gasteiger partial charge on any atom is -0.392 e. The van der Waals surface area contributed by atoms with Gasteiger partial charge in [-0.2, -0.15) is 13.2 Å². The standard InChI is InChI=1S/C11H22F3NO/c1-4-9(5-2)10(16)7-15-8(3)6-11(12,13)14/h8-10,15-16H,4-7H2,1-3H3. The molecule has 0 spiro atoms. The zero-order valence-corrected chi connectivity index (χ0v) is 10.1. The van der Waals surface area contributed by atoms with E-state index in [2.05, 4.69) is 5.32 Å². The van der Waals surface area contributed by atoms with Gasteiger partial charge in [0.2, 0.25) is 0 Å². The van der Waals surface area contributed by atoms with Crippen molar-refractivity contribution < 1.29 is 18.3 Å². The monoisotopic (exact) mass is 241 g/mol. The Balaban J connectivity index is 3.86. The molecule has 0 bridgehead atoms. The summed E-state index contributed by atoms with van der Waals surface area (Å²) in [7, 11) is 0. The van der Waals surface area contributed by atoms with E-state index in [1.807, 2.05) is 13.8 Å². The van der Waals surface area contributed by atoms with Gasteiger partial charge in [-0.05, 0) is 12.8 Å². The third-order valence-corrected chi connectivity index (χ3v) is 2.81. The molecule has 2 atom stereocenters. The number of aliphatic hydroxyl groups is 1. The number of aliphatic hydroxyl groups excluding tert-OH is 1. The number of rotatable bonds is 7. The first-order chi connectivity index (χ1) is 7.30. The summed E-state index contributed by atoms with van der Waals surface area (Å²) in [6.07, 6.45) is -3.89. The molecule has 0 aromatic rings. The lowest BCUT2D eigenvalue weighted by atomic mass is 9.96. The van der Waals surface area contributed by atoms with E-state index in [0.717, 1.165) is 12.8 Å². The second-order valence-electron chi connectivity index (χ2n) is 4.27. The minimum absolute atomic E-state index is 0.158. The molecule has 2 unspecified atom stereocenters. The van der Waals surface area contributed by atoms with Crippen LogP contribution >= 0.6 is 0 Å². The number of nitrogens with one attached hydrogen (secondary N) is 1. The van der Waals surface area contributed by atoms with Crippen molar-refractivity contribution in [1.82, 2.24) is 5.32 Å². The molecule has 2 N–H and O–H groups in total. The SMILES string of the molecule is CCC(CC)C(O)CNC(C)CC(F)(F)F. The van der Waals surface area contributed by atoms with Gasteiger partial charge in [0, 0.05) is 12.6 Å². The first-order valence-corrected chi connectivity index (χ1v) is 5.78. The Morgan fingerprint density at radius 1 is 1.19 bits per heavy atom. The zero-order chi connectivity index (χ0) is 12.8. The van der Waals surface area contributed by atoms with Gasteiger partial charge in [-0.15, -0.1) is 0 Å². The van der Waals surface area contributed by atoms with Gasteiger partial charge < -0.3 is 10.4 Å². The number of hydrogen-bond donors (Lipinski definition) is 2. The van der Waals surface area contributed by atoms with E-state index in [1.54, 1.807) is 0 Å². The molecule has 0 saturated heterocycles. The summed E-state index contributed by atoms with van der Waals surface area (Å²) in [6.45, 7) is 5.64. The fraction of sp³-hybridized carbons (Fsp3) is 1.00. The summed E-state index contributed by atoms with van der Waals surface area (Å²) in [4.78, 5) is 0. The van der Waals surface area contributed by atoms with Crippen LogP contribution in [0.4, 0.5) is 13.2 Å². The van der Waals surface area contributed by atoms with Crippen molar-refractivity contribution in [1.29, 1.82) is 0 Å². The van der Waals surface area contributed by atoms with Crippen LogP contribution in [0.25, 0.3) is 0 Å². The van der Waals surface area contributed by atoms with Crippen LogP contribution < -0.4 is 5.32 Å². The lowest BCUT2D eigenvalue weighted by Gasteiger charge is -2.23. The Bertz CT molecular complexity index is 181. The van der Waals surface area contributed by atoms with Crippen molar-refractivity contribution >= 4 is 0 Å². The van der Waals surface area contributed by atoms with Crippen molar-refractivity contribution in [2.45, 2.75) is 58.4 Å². The van der Waals surface area contributed by atoms with E-state index < -0.39 is 24.7 Å². The molecule has 0 fully saturated rings. The quantitative estimate of drug-likeness (QED) is 0.718. The topological polar surface area (TPSA) is 32.3 Å². The molecule has 98 valence electrons. The molecule has 0 aliphatic rings. The van der Waals surface area contributed by atoms with Gasteiger partial charge in [0.15, 0.2) is 0 Å². The highest BCUT2D eigenvalue weighted by Crippen LogP contribution is 2.21. The number of alkyl halides is 3. The molecule has 0 aromatic heterocycles. The summed E-state index contributed by atoms with van der Waals surface area (Å²) in [5, 5.41) is 12.4. The maximum absolute atomic E-state index is 12.0. The highest BCUT2D eigenvalue weighted by molar-refractivity contribution is 4.72. The highest BCUT2D eigenvalue weighted by atomic mass is 19.4. The van der Waals surface area contributed by atoms with Gasteiger partial charge in [0.25, 0.3) is 0 Å². The third-order valence-electron chi connectivity index (χ3n) is 2.81. The second-order valence-corrected chi connectivity index (χ2v) is 4.27. The lowest BCUT2D eigenvalue weighted by Crippen LogP contribution is -2.39. The van der Waals surface area contributed by atoms with Gasteiger partial charge in [-0.1, -0.05) is 26.7 Å². The normalized spacial score (nSPS) is 16.5. The molecule has 0 rings (SSSR count). The van der Waals surface area contributed by atoms with Gasteiger partial charge >= 0.3 is 6.18 Å². The van der Waals surface area contributed by atoms with Gasteiger partial charge in [-0.3, -0.25) is 0 Å². The van der Waals surface area contributed by atoms with Crippen LogP contribution in [0.3, 0.4) is 0 Å². The molecule has 0 aliphatic heterocycles. The van der Waals surface area contributed by atoms with Crippen molar-refractivity contribution in [3.05, 3.63) is 0 Å². The average Bonchev–Trinajstić information content (AvgIpc) is 2.14. The van der Waals surface area contributed by atoms with E-state index in [4.69, 9.17) is 0 Å². The van der Waals surface area contributed by atoms with Crippen molar-refractivity contribution in [3.8, 4) is 0 Å². The molecule has 0 amide bonds. The Kier molecular flexibility index (Phi) is 6.99. The van der Waals surface area contributed by atoms with E-state index in [-0.39, 0.29) is 12.5 Å². The Hall–Kier alpha value is -0.290. The smallest absolute Gasteiger partial charge is 0.390 e. The molecule has 5 heteroatoms. The molecule has 0 radical (unpaired) electrons. The summed E-state index contributed by atoms with van der Waals surface area (Å²) in [6, 6.07) is -0.649. The predicted octanol–water partition coefficient (Wildman–Crippen LogP) is 2.71. The first-order valence-electron chi connectivity index (χ1n) is 5.78. The summed E-state index contributed by atoms with van der Waals surface area (Å²) in [5.74, 6) is 0.158. The average molecular weight is 241 g/mol. The van der Waals surface area contributed by atoms with Crippen molar-refractivity contribution in [2.24, 2.45) is 5.92 Å². The summed E-state index contributed by atoms with van der Waals surface area (Å²) in [5.41, 5.74) is 0. The summed E-state index contributed by atoms with van der Waals surface area (Å²) < 4.78 is 36.1. The molecule has 2 nitrogen and oxygen atoms in total. The van der Waals surface area contributed by atoms with Crippen LogP contribution in [-0.4, -0.2) is 30.0 Å². The fourth-order valence-electron chi connectivity index (χ4n) is 1.74. The molecule has 0 heterocycles. The molecular weight excluding hydrogens is 219 g/mol. The zero-order valence-electron chi connectivity index (χ0n) is 10.1. The van der Waals surface area contributed by atoms with Gasteiger partial charge in [-0.25, -0.2) is 0 Å². The van der Waals surface area contributed by atoms with Crippen molar-refractivity contribution in [3.63, 3.8) is 0 Å². The maximum atomic E-state index is 12.0. The first kappa shape index (κ1) is 15.7. The molecule has 0 aromatic carbocycles. The van der Waals surface area contributed by atoms with Crippen LogP contribution in [0.1, 0.15) is 40.0 Å². The number of hydrogen-bond acceptors (Lipinski definition) is 2. The lowest BCUT2D eigenvalue weighted by molar-refractivity contribution is -0.139. The molecule has 0 aliphatic carbocycles. The minimum atomic E-state index is -4.15. The Morgan fingerprint density at radius 3 is 2.06 bits per heavy atom. The maximum Gasteiger partial charge on any atom is 0.390 e. The van der Waals surface area contributed by atoms with E-state index in [1.165, 1.54) is 6.92 Å². The van der Waals surface area contributed by atoms with Crippen LogP contribution in [-0.2, 0) is 0 Å². The van der Waals surface area contributed by atoms with Crippen LogP contribution in [0, 0.1) is 5.92 Å². The number of halogens is 3. The third kappa shape index (κ3) is 7.06. The molecule has 16 heavy (non-hydrogen) atoms. The van der Waals surface area contributed by atoms with E-state index >= 15 is 0 Å². The van der Waals surface area contributed by atoms with Crippen LogP contribution in [0.5, 0.6) is 0 Å². The molecule has 0 saturated carbocycles. The molecular formula is C11H22F3NO. The van der Waals surface area contributed by atoms with E-state index in [9.17, 15) is 18.3 Å². The van der Waals surface area contributed by atoms with Gasteiger partial charge in [0.1, 0.15) is 0 Å².